The predicted molar refractivity (Wildman–Crippen MR) is 86.3 cm³/mol. The quantitative estimate of drug-likeness (QED) is 0.846. The van der Waals surface area contributed by atoms with Gasteiger partial charge in [0.1, 0.15) is 5.82 Å². The molecule has 3 rings (SSSR count). The first-order chi connectivity index (χ1) is 10.3. The molecular weight excluding hydrogens is 258 g/mol. The highest BCUT2D eigenvalue weighted by Crippen LogP contribution is 2.49. The lowest BCUT2D eigenvalue weighted by molar-refractivity contribution is 0.441. The first-order valence-corrected chi connectivity index (χ1v) is 8.04. The van der Waals surface area contributed by atoms with Crippen molar-refractivity contribution in [3.8, 4) is 0 Å². The van der Waals surface area contributed by atoms with Gasteiger partial charge in [-0.2, -0.15) is 0 Å². The van der Waals surface area contributed by atoms with E-state index in [0.29, 0.717) is 6.04 Å². The molecule has 0 saturated heterocycles. The number of nitrogens with zero attached hydrogens (tertiary/aromatic N) is 2. The molecule has 0 bridgehead atoms. The normalized spacial score (nSPS) is 22.2. The largest absolute Gasteiger partial charge is 0.338 e. The molecule has 1 aromatic heterocycles. The molecule has 1 aliphatic rings. The van der Waals surface area contributed by atoms with E-state index in [0.717, 1.165) is 24.8 Å². The summed E-state index contributed by atoms with van der Waals surface area (Å²) in [4.78, 5) is 4.49. The van der Waals surface area contributed by atoms with E-state index in [4.69, 9.17) is 0 Å². The molecule has 112 valence electrons. The number of hydrogen-bond donors (Lipinski definition) is 1. The summed E-state index contributed by atoms with van der Waals surface area (Å²) in [5, 5.41) is 3.74. The van der Waals surface area contributed by atoms with Crippen molar-refractivity contribution in [1.82, 2.24) is 14.9 Å². The molecule has 2 aromatic rings. The fourth-order valence-corrected chi connectivity index (χ4v) is 3.24. The Morgan fingerprint density at radius 2 is 2.14 bits per heavy atom. The van der Waals surface area contributed by atoms with Crippen molar-refractivity contribution in [3.63, 3.8) is 0 Å². The summed E-state index contributed by atoms with van der Waals surface area (Å²) < 4.78 is 2.14. The van der Waals surface area contributed by atoms with E-state index in [2.05, 4.69) is 59.2 Å². The Morgan fingerprint density at radius 3 is 2.81 bits per heavy atom. The van der Waals surface area contributed by atoms with E-state index in [1.54, 1.807) is 0 Å². The van der Waals surface area contributed by atoms with Gasteiger partial charge in [-0.05, 0) is 36.8 Å². The highest BCUT2D eigenvalue weighted by atomic mass is 15.0. The van der Waals surface area contributed by atoms with Crippen molar-refractivity contribution in [2.45, 2.75) is 38.1 Å². The van der Waals surface area contributed by atoms with Crippen LogP contribution in [0.15, 0.2) is 42.7 Å². The lowest BCUT2D eigenvalue weighted by atomic mass is 10.0. The van der Waals surface area contributed by atoms with Crippen molar-refractivity contribution in [2.24, 2.45) is 13.0 Å². The van der Waals surface area contributed by atoms with Crippen molar-refractivity contribution < 1.29 is 0 Å². The third kappa shape index (κ3) is 3.35. The summed E-state index contributed by atoms with van der Waals surface area (Å²) in [5.41, 5.74) is 1.49. The second-order valence-corrected chi connectivity index (χ2v) is 6.14. The Hall–Kier alpha value is -1.61. The molecule has 0 amide bonds. The van der Waals surface area contributed by atoms with Crippen LogP contribution in [0.2, 0.25) is 0 Å². The van der Waals surface area contributed by atoms with Crippen LogP contribution in [0.25, 0.3) is 0 Å². The second-order valence-electron chi connectivity index (χ2n) is 6.14. The van der Waals surface area contributed by atoms with Crippen LogP contribution < -0.4 is 5.32 Å². The minimum Gasteiger partial charge on any atom is -0.338 e. The maximum Gasteiger partial charge on any atom is 0.109 e. The summed E-state index contributed by atoms with van der Waals surface area (Å²) in [6.45, 7) is 3.32. The first-order valence-electron chi connectivity index (χ1n) is 8.04. The molecule has 1 aromatic carbocycles. The van der Waals surface area contributed by atoms with Gasteiger partial charge in [0, 0.05) is 31.9 Å². The number of rotatable bonds is 7. The van der Waals surface area contributed by atoms with Crippen LogP contribution >= 0.6 is 0 Å². The highest BCUT2D eigenvalue weighted by molar-refractivity contribution is 5.27. The number of hydrogen-bond acceptors (Lipinski definition) is 2. The van der Waals surface area contributed by atoms with Gasteiger partial charge in [0.2, 0.25) is 0 Å². The van der Waals surface area contributed by atoms with Gasteiger partial charge in [-0.3, -0.25) is 0 Å². The van der Waals surface area contributed by atoms with E-state index >= 15 is 0 Å². The number of nitrogens with one attached hydrogen (secondary N) is 1. The monoisotopic (exact) mass is 283 g/mol. The molecule has 0 aliphatic heterocycles. The summed E-state index contributed by atoms with van der Waals surface area (Å²) in [5.74, 6) is 2.65. The molecule has 0 spiro atoms. The highest BCUT2D eigenvalue weighted by Gasteiger charge is 2.43. The molecule has 1 N–H and O–H groups in total. The standard InChI is InChI=1S/C18H25N3/c1-3-9-19-17(13-18-20-10-11-21(18)2)16-12-15(16)14-7-5-4-6-8-14/h4-8,10-11,15-17,19H,3,9,12-13H2,1-2H3. The predicted octanol–water partition coefficient (Wildman–Crippen LogP) is 3.13. The van der Waals surface area contributed by atoms with E-state index in [9.17, 15) is 0 Å². The molecule has 0 radical (unpaired) electrons. The summed E-state index contributed by atoms with van der Waals surface area (Å²) in [6.07, 6.45) is 7.44. The fourth-order valence-electron chi connectivity index (χ4n) is 3.24. The van der Waals surface area contributed by atoms with Gasteiger partial charge in [-0.1, -0.05) is 37.3 Å². The SMILES string of the molecule is CCCNC(Cc1nccn1C)C1CC1c1ccccc1. The Balaban J connectivity index is 1.68. The summed E-state index contributed by atoms with van der Waals surface area (Å²) in [7, 11) is 2.08. The van der Waals surface area contributed by atoms with E-state index in [1.807, 2.05) is 12.4 Å². The van der Waals surface area contributed by atoms with Crippen LogP contribution in [0, 0.1) is 5.92 Å². The topological polar surface area (TPSA) is 29.9 Å². The summed E-state index contributed by atoms with van der Waals surface area (Å²) >= 11 is 0. The smallest absolute Gasteiger partial charge is 0.109 e. The molecular formula is C18H25N3. The first kappa shape index (κ1) is 14.3. The zero-order chi connectivity index (χ0) is 14.7. The van der Waals surface area contributed by atoms with Crippen LogP contribution in [0.4, 0.5) is 0 Å². The zero-order valence-electron chi connectivity index (χ0n) is 13.0. The minimum absolute atomic E-state index is 0.538. The molecule has 1 heterocycles. The summed E-state index contributed by atoms with van der Waals surface area (Å²) in [6, 6.07) is 11.5. The molecule has 3 atom stereocenters. The Morgan fingerprint density at radius 1 is 1.33 bits per heavy atom. The van der Waals surface area contributed by atoms with Crippen LogP contribution in [-0.2, 0) is 13.5 Å². The number of aromatic nitrogens is 2. The minimum atomic E-state index is 0.538. The van der Waals surface area contributed by atoms with E-state index in [1.165, 1.54) is 24.2 Å². The molecule has 1 saturated carbocycles. The molecule has 3 unspecified atom stereocenters. The Kier molecular flexibility index (Phi) is 4.39. The maximum absolute atomic E-state index is 4.49. The third-order valence-corrected chi connectivity index (χ3v) is 4.56. The van der Waals surface area contributed by atoms with Crippen LogP contribution in [-0.4, -0.2) is 22.1 Å². The molecule has 1 aliphatic carbocycles. The van der Waals surface area contributed by atoms with Gasteiger partial charge in [-0.15, -0.1) is 0 Å². The van der Waals surface area contributed by atoms with Gasteiger partial charge in [0.25, 0.3) is 0 Å². The Labute approximate surface area is 127 Å². The molecule has 3 nitrogen and oxygen atoms in total. The zero-order valence-corrected chi connectivity index (χ0v) is 13.0. The van der Waals surface area contributed by atoms with Crippen molar-refractivity contribution in [2.75, 3.05) is 6.54 Å². The number of imidazole rings is 1. The van der Waals surface area contributed by atoms with Gasteiger partial charge in [0.05, 0.1) is 0 Å². The number of aryl methyl sites for hydroxylation is 1. The van der Waals surface area contributed by atoms with Crippen molar-refractivity contribution >= 4 is 0 Å². The fraction of sp³-hybridized carbons (Fsp3) is 0.500. The van der Waals surface area contributed by atoms with Crippen LogP contribution in [0.5, 0.6) is 0 Å². The Bertz CT molecular complexity index is 561. The second kappa shape index (κ2) is 6.44. The molecule has 1 fully saturated rings. The van der Waals surface area contributed by atoms with Crippen molar-refractivity contribution in [3.05, 3.63) is 54.1 Å². The number of benzene rings is 1. The van der Waals surface area contributed by atoms with Crippen LogP contribution in [0.3, 0.4) is 0 Å². The molecule has 3 heteroatoms. The van der Waals surface area contributed by atoms with Gasteiger partial charge < -0.3 is 9.88 Å². The molecule has 21 heavy (non-hydrogen) atoms. The van der Waals surface area contributed by atoms with Gasteiger partial charge >= 0.3 is 0 Å². The van der Waals surface area contributed by atoms with Gasteiger partial charge in [0.15, 0.2) is 0 Å². The lowest BCUT2D eigenvalue weighted by Crippen LogP contribution is -2.35. The van der Waals surface area contributed by atoms with E-state index < -0.39 is 0 Å². The maximum atomic E-state index is 4.49. The van der Waals surface area contributed by atoms with Crippen molar-refractivity contribution in [1.29, 1.82) is 0 Å². The average Bonchev–Trinajstić information content (AvgIpc) is 3.22. The van der Waals surface area contributed by atoms with Crippen LogP contribution in [0.1, 0.15) is 37.1 Å². The van der Waals surface area contributed by atoms with Gasteiger partial charge in [-0.25, -0.2) is 4.98 Å². The van der Waals surface area contributed by atoms with E-state index in [-0.39, 0.29) is 0 Å². The average molecular weight is 283 g/mol. The third-order valence-electron chi connectivity index (χ3n) is 4.56. The lowest BCUT2D eigenvalue weighted by Gasteiger charge is -2.18.